The van der Waals surface area contributed by atoms with Gasteiger partial charge in [0, 0.05) is 12.0 Å². The first kappa shape index (κ1) is 34.1. The molecule has 0 aliphatic carbocycles. The summed E-state index contributed by atoms with van der Waals surface area (Å²) < 4.78 is 40.4. The number of fused-ring (bicyclic) bond motifs is 3. The molecule has 0 bridgehead atoms. The predicted octanol–water partition coefficient (Wildman–Crippen LogP) is 7.40. The largest absolute Gasteiger partial charge is 0.459 e. The van der Waals surface area contributed by atoms with E-state index in [-0.39, 0.29) is 13.2 Å². The SMILES string of the molecule is CCCC[C@](C)(CO[P@@](=O)(N[C@@H](C)C(=O)Oc1ccccc1)Oc1ccccc1)n1c(COCC)nc2c(N)nc3ccccc3c21. The molecule has 0 aliphatic rings. The number of esters is 1. The topological polar surface area (TPSA) is 140 Å². The van der Waals surface area contributed by atoms with Gasteiger partial charge in [-0.05, 0) is 57.5 Å². The lowest BCUT2D eigenvalue weighted by molar-refractivity contribution is -0.136. The molecule has 12 heteroatoms. The smallest absolute Gasteiger partial charge is 0.425 e. The van der Waals surface area contributed by atoms with Crippen molar-refractivity contribution in [2.75, 3.05) is 18.9 Å². The van der Waals surface area contributed by atoms with Crippen LogP contribution >= 0.6 is 7.75 Å². The van der Waals surface area contributed by atoms with Gasteiger partial charge in [0.1, 0.15) is 35.5 Å². The molecule has 248 valence electrons. The third-order valence-electron chi connectivity index (χ3n) is 7.81. The van der Waals surface area contributed by atoms with E-state index in [0.29, 0.717) is 41.7 Å². The molecule has 2 heterocycles. The first-order valence-electron chi connectivity index (χ1n) is 15.8. The highest BCUT2D eigenvalue weighted by Crippen LogP contribution is 2.47. The second-order valence-corrected chi connectivity index (χ2v) is 13.3. The molecule has 0 saturated carbocycles. The maximum absolute atomic E-state index is 14.6. The Morgan fingerprint density at radius 1 is 0.979 bits per heavy atom. The molecule has 0 saturated heterocycles. The number of rotatable bonds is 16. The number of nitrogen functional groups attached to an aromatic ring is 1. The highest BCUT2D eigenvalue weighted by Gasteiger charge is 2.39. The summed E-state index contributed by atoms with van der Waals surface area (Å²) in [6.45, 7) is 8.26. The number of anilines is 1. The standard InChI is InChI=1S/C35H42N5O6P/c1-5-7-22-35(4,40-30(23-43-6-2)38-31-32(40)28-20-14-15-21-29(28)37-33(31)36)24-44-47(42,46-27-18-12-9-13-19-27)39-25(3)34(41)45-26-16-10-8-11-17-26/h8-21,25H,5-7,22-24H2,1-4H3,(H2,36,37)(H,39,42)/t25-,35+,47-/m0/s1. The number of nitrogens with zero attached hydrogens (tertiary/aromatic N) is 3. The number of pyridine rings is 1. The van der Waals surface area contributed by atoms with Gasteiger partial charge in [-0.2, -0.15) is 5.09 Å². The number of benzene rings is 3. The molecule has 0 radical (unpaired) electrons. The predicted molar refractivity (Wildman–Crippen MR) is 183 cm³/mol. The molecule has 11 nitrogen and oxygen atoms in total. The number of hydrogen-bond acceptors (Lipinski definition) is 9. The maximum atomic E-state index is 14.6. The third kappa shape index (κ3) is 8.00. The van der Waals surface area contributed by atoms with Crippen LogP contribution in [0, 0.1) is 0 Å². The number of unbranched alkanes of at least 4 members (excludes halogenated alkanes) is 1. The van der Waals surface area contributed by atoms with Gasteiger partial charge in [-0.15, -0.1) is 0 Å². The summed E-state index contributed by atoms with van der Waals surface area (Å²) >= 11 is 0. The van der Waals surface area contributed by atoms with Gasteiger partial charge in [0.25, 0.3) is 0 Å². The van der Waals surface area contributed by atoms with Crippen LogP contribution in [0.5, 0.6) is 11.5 Å². The summed E-state index contributed by atoms with van der Waals surface area (Å²) in [6.07, 6.45) is 2.39. The number of para-hydroxylation sites is 3. The molecule has 5 rings (SSSR count). The minimum absolute atomic E-state index is 0.0638. The summed E-state index contributed by atoms with van der Waals surface area (Å²) in [6, 6.07) is 24.1. The number of imidazole rings is 1. The Balaban J connectivity index is 1.55. The van der Waals surface area contributed by atoms with E-state index in [4.69, 9.17) is 29.2 Å². The van der Waals surface area contributed by atoms with Gasteiger partial charge >= 0.3 is 13.7 Å². The number of carbonyl (C=O) groups is 1. The highest BCUT2D eigenvalue weighted by atomic mass is 31.2. The van der Waals surface area contributed by atoms with Crippen molar-refractivity contribution in [3.8, 4) is 11.5 Å². The van der Waals surface area contributed by atoms with Crippen molar-refractivity contribution < 1.29 is 27.9 Å². The van der Waals surface area contributed by atoms with E-state index in [1.165, 1.54) is 0 Å². The van der Waals surface area contributed by atoms with Gasteiger partial charge in [0.2, 0.25) is 0 Å². The molecule has 0 spiro atoms. The van der Waals surface area contributed by atoms with Crippen LogP contribution in [-0.2, 0) is 30.8 Å². The summed E-state index contributed by atoms with van der Waals surface area (Å²) in [7, 11) is -4.19. The van der Waals surface area contributed by atoms with Crippen LogP contribution < -0.4 is 20.1 Å². The van der Waals surface area contributed by atoms with Crippen molar-refractivity contribution in [3.05, 3.63) is 90.8 Å². The van der Waals surface area contributed by atoms with Crippen molar-refractivity contribution in [2.45, 2.75) is 65.1 Å². The maximum Gasteiger partial charge on any atom is 0.459 e. The molecular weight excluding hydrogens is 617 g/mol. The molecule has 0 fully saturated rings. The molecule has 0 unspecified atom stereocenters. The zero-order valence-electron chi connectivity index (χ0n) is 27.2. The fourth-order valence-electron chi connectivity index (χ4n) is 5.44. The van der Waals surface area contributed by atoms with Crippen LogP contribution in [0.25, 0.3) is 21.9 Å². The van der Waals surface area contributed by atoms with E-state index in [2.05, 4.69) is 21.6 Å². The van der Waals surface area contributed by atoms with Crippen LogP contribution in [0.2, 0.25) is 0 Å². The van der Waals surface area contributed by atoms with E-state index < -0.39 is 25.3 Å². The highest BCUT2D eigenvalue weighted by molar-refractivity contribution is 7.52. The summed E-state index contributed by atoms with van der Waals surface area (Å²) in [5, 5.41) is 3.69. The van der Waals surface area contributed by atoms with Crippen LogP contribution in [0.3, 0.4) is 0 Å². The first-order chi connectivity index (χ1) is 22.7. The molecule has 0 amide bonds. The van der Waals surface area contributed by atoms with Gasteiger partial charge in [-0.3, -0.25) is 4.52 Å². The lowest BCUT2D eigenvalue weighted by Crippen LogP contribution is -2.40. The Bertz CT molecular complexity index is 1850. The van der Waals surface area contributed by atoms with Crippen molar-refractivity contribution in [3.63, 3.8) is 0 Å². The minimum atomic E-state index is -4.19. The number of nitrogens with one attached hydrogen (secondary N) is 1. The van der Waals surface area contributed by atoms with Crippen molar-refractivity contribution >= 4 is 41.5 Å². The fourth-order valence-corrected chi connectivity index (χ4v) is 7.05. The van der Waals surface area contributed by atoms with Crippen LogP contribution in [0.4, 0.5) is 5.82 Å². The molecule has 47 heavy (non-hydrogen) atoms. The summed E-state index contributed by atoms with van der Waals surface area (Å²) in [5.41, 5.74) is 7.73. The van der Waals surface area contributed by atoms with Crippen molar-refractivity contribution in [1.29, 1.82) is 0 Å². The Morgan fingerprint density at radius 2 is 1.64 bits per heavy atom. The van der Waals surface area contributed by atoms with Gasteiger partial charge in [0.15, 0.2) is 5.82 Å². The number of hydrogen-bond donors (Lipinski definition) is 2. The van der Waals surface area contributed by atoms with Crippen molar-refractivity contribution in [2.24, 2.45) is 0 Å². The zero-order chi connectivity index (χ0) is 33.4. The second kappa shape index (κ2) is 15.1. The van der Waals surface area contributed by atoms with Crippen LogP contribution in [-0.4, -0.2) is 39.8 Å². The van der Waals surface area contributed by atoms with Crippen LogP contribution in [0.1, 0.15) is 52.8 Å². The average Bonchev–Trinajstić information content (AvgIpc) is 3.48. The van der Waals surface area contributed by atoms with Gasteiger partial charge in [-0.25, -0.2) is 19.3 Å². The van der Waals surface area contributed by atoms with Gasteiger partial charge in [-0.1, -0.05) is 74.4 Å². The molecule has 2 aromatic heterocycles. The molecular formula is C35H42N5O6P. The average molecular weight is 660 g/mol. The molecule has 0 aliphatic heterocycles. The molecule has 3 N–H and O–H groups in total. The zero-order valence-corrected chi connectivity index (χ0v) is 28.1. The molecule has 3 atom stereocenters. The third-order valence-corrected chi connectivity index (χ3v) is 9.44. The Morgan fingerprint density at radius 3 is 2.32 bits per heavy atom. The number of ether oxygens (including phenoxy) is 2. The Kier molecular flexibility index (Phi) is 10.9. The quantitative estimate of drug-likeness (QED) is 0.0626. The van der Waals surface area contributed by atoms with Crippen molar-refractivity contribution in [1.82, 2.24) is 19.6 Å². The number of carbonyl (C=O) groups excluding carboxylic acids is 1. The monoisotopic (exact) mass is 659 g/mol. The number of nitrogens with two attached hydrogens (primary N) is 1. The minimum Gasteiger partial charge on any atom is -0.425 e. The fraction of sp³-hybridized carbons (Fsp3) is 0.343. The normalized spacial score (nSPS) is 14.8. The van der Waals surface area contributed by atoms with E-state index in [1.807, 2.05) is 50.2 Å². The van der Waals surface area contributed by atoms with Crippen LogP contribution in [0.15, 0.2) is 84.9 Å². The number of aromatic nitrogens is 3. The van der Waals surface area contributed by atoms with E-state index >= 15 is 0 Å². The van der Waals surface area contributed by atoms with Gasteiger partial charge in [0.05, 0.1) is 23.2 Å². The molecule has 5 aromatic rings. The Hall–Kier alpha value is -4.28. The van der Waals surface area contributed by atoms with E-state index in [1.54, 1.807) is 55.5 Å². The first-order valence-corrected chi connectivity index (χ1v) is 17.4. The summed E-state index contributed by atoms with van der Waals surface area (Å²) in [5.74, 6) is 0.990. The Labute approximate surface area is 275 Å². The second-order valence-electron chi connectivity index (χ2n) is 11.6. The summed E-state index contributed by atoms with van der Waals surface area (Å²) in [4.78, 5) is 22.6. The van der Waals surface area contributed by atoms with E-state index in [0.717, 1.165) is 29.3 Å². The van der Waals surface area contributed by atoms with Gasteiger partial charge < -0.3 is 24.3 Å². The lowest BCUT2D eigenvalue weighted by atomic mass is 9.94. The lowest BCUT2D eigenvalue weighted by Gasteiger charge is -2.35. The van der Waals surface area contributed by atoms with E-state index in [9.17, 15) is 9.36 Å². The molecule has 3 aromatic carbocycles.